The van der Waals surface area contributed by atoms with Gasteiger partial charge in [-0.3, -0.25) is 4.90 Å². The van der Waals surface area contributed by atoms with Gasteiger partial charge in [0, 0.05) is 55.6 Å². The normalized spacial score (nSPS) is 15.8. The van der Waals surface area contributed by atoms with Crippen molar-refractivity contribution in [1.82, 2.24) is 10.2 Å². The molecule has 0 unspecified atom stereocenters. The molecule has 2 aliphatic heterocycles. The van der Waals surface area contributed by atoms with E-state index in [2.05, 4.69) is 126 Å². The highest BCUT2D eigenvalue weighted by atomic mass is 79.9. The maximum Gasteiger partial charge on any atom is 0.0834 e. The molecule has 2 aromatic carbocycles. The molecule has 2 fully saturated rings. The van der Waals surface area contributed by atoms with Crippen LogP contribution in [0.5, 0.6) is 0 Å². The summed E-state index contributed by atoms with van der Waals surface area (Å²) >= 11 is 10.4. The number of nitrogens with zero attached hydrogens (tertiary/aromatic N) is 1. The van der Waals surface area contributed by atoms with Gasteiger partial charge in [-0.15, -0.1) is 35.1 Å². The van der Waals surface area contributed by atoms with E-state index in [1.807, 2.05) is 0 Å². The first-order valence-corrected chi connectivity index (χ1v) is 15.7. The number of rotatable bonds is 9. The molecule has 0 atom stereocenters. The predicted molar refractivity (Wildman–Crippen MR) is 168 cm³/mol. The summed E-state index contributed by atoms with van der Waals surface area (Å²) in [5.41, 5.74) is 2.68. The van der Waals surface area contributed by atoms with Crippen LogP contribution in [0.4, 0.5) is 0 Å². The first-order chi connectivity index (χ1) is 18.1. The Hall–Kier alpha value is -1.07. The van der Waals surface area contributed by atoms with Gasteiger partial charge in [-0.2, -0.15) is 0 Å². The van der Waals surface area contributed by atoms with Crippen molar-refractivity contribution in [3.8, 4) is 0 Å². The second-order valence-electron chi connectivity index (χ2n) is 9.16. The number of likely N-dealkylation sites (tertiary alicyclic amines) is 1. The first-order valence-electron chi connectivity index (χ1n) is 12.4. The predicted octanol–water partition coefficient (Wildman–Crippen LogP) is 7.92. The largest absolute Gasteiger partial charge is 0.370 e. The standard InChI is InChI=1S/C21H20BrNOS.C8H10BrNOS.ClH/c22-18-11-20(25-15-18)14-24-19-12-23(13-19)21(16-7-3-1-4-8-16)17-9-5-2-6-10-17;9-6-1-8(12-5-6)4-11-7-2-10-3-7;/h1-11,15,19,21H,12-14H2;1,5,7,10H,2-4H2;1H. The molecule has 0 radical (unpaired) electrons. The minimum absolute atomic E-state index is 0. The molecule has 1 N–H and O–H groups in total. The summed E-state index contributed by atoms with van der Waals surface area (Å²) in [7, 11) is 0. The van der Waals surface area contributed by atoms with Crippen molar-refractivity contribution in [2.75, 3.05) is 26.2 Å². The van der Waals surface area contributed by atoms with Crippen molar-refractivity contribution in [2.45, 2.75) is 31.5 Å². The molecule has 0 amide bonds. The topological polar surface area (TPSA) is 33.7 Å². The quantitative estimate of drug-likeness (QED) is 0.193. The maximum absolute atomic E-state index is 6.08. The minimum atomic E-state index is 0. The molecule has 2 aliphatic rings. The lowest BCUT2D eigenvalue weighted by Gasteiger charge is -2.44. The van der Waals surface area contributed by atoms with Crippen LogP contribution < -0.4 is 5.32 Å². The summed E-state index contributed by atoms with van der Waals surface area (Å²) < 4.78 is 14.0. The van der Waals surface area contributed by atoms with E-state index in [0.29, 0.717) is 24.9 Å². The van der Waals surface area contributed by atoms with E-state index >= 15 is 0 Å². The van der Waals surface area contributed by atoms with Gasteiger partial charge in [-0.1, -0.05) is 60.7 Å². The Morgan fingerprint density at radius 3 is 1.63 bits per heavy atom. The molecule has 4 nitrogen and oxygen atoms in total. The van der Waals surface area contributed by atoms with Gasteiger partial charge in [-0.25, -0.2) is 0 Å². The molecule has 9 heteroatoms. The van der Waals surface area contributed by atoms with Crippen molar-refractivity contribution < 1.29 is 9.47 Å². The van der Waals surface area contributed by atoms with Crippen LogP contribution >= 0.6 is 66.9 Å². The van der Waals surface area contributed by atoms with Gasteiger partial charge in [0.25, 0.3) is 0 Å². The van der Waals surface area contributed by atoms with Gasteiger partial charge in [0.15, 0.2) is 0 Å². The third-order valence-corrected chi connectivity index (χ3v) is 9.72. The second kappa shape index (κ2) is 15.1. The van der Waals surface area contributed by atoms with Crippen molar-refractivity contribution >= 4 is 66.9 Å². The Bertz CT molecular complexity index is 1190. The van der Waals surface area contributed by atoms with Crippen LogP contribution in [0.1, 0.15) is 26.9 Å². The van der Waals surface area contributed by atoms with Gasteiger partial charge in [0.05, 0.1) is 31.5 Å². The molecule has 2 aromatic heterocycles. The molecule has 4 heterocycles. The zero-order chi connectivity index (χ0) is 25.5. The number of halogens is 3. The molecule has 0 aliphatic carbocycles. The highest BCUT2D eigenvalue weighted by Gasteiger charge is 2.34. The van der Waals surface area contributed by atoms with Gasteiger partial charge < -0.3 is 14.8 Å². The van der Waals surface area contributed by atoms with Crippen molar-refractivity contribution in [1.29, 1.82) is 0 Å². The maximum atomic E-state index is 6.08. The van der Waals surface area contributed by atoms with E-state index in [9.17, 15) is 0 Å². The van der Waals surface area contributed by atoms with E-state index in [1.165, 1.54) is 20.9 Å². The van der Waals surface area contributed by atoms with Crippen LogP contribution in [-0.4, -0.2) is 43.3 Å². The molecular weight excluding hydrogens is 668 g/mol. The van der Waals surface area contributed by atoms with E-state index < -0.39 is 0 Å². The lowest BCUT2D eigenvalue weighted by Crippen LogP contribution is -2.53. The summed E-state index contributed by atoms with van der Waals surface area (Å²) in [6, 6.07) is 26.0. The average molecular weight is 699 g/mol. The molecule has 2 saturated heterocycles. The second-order valence-corrected chi connectivity index (χ2v) is 13.0. The van der Waals surface area contributed by atoms with E-state index in [4.69, 9.17) is 9.47 Å². The Morgan fingerprint density at radius 2 is 1.24 bits per heavy atom. The third kappa shape index (κ3) is 8.46. The number of nitrogens with one attached hydrogen (secondary N) is 1. The van der Waals surface area contributed by atoms with Crippen LogP contribution in [0.15, 0.2) is 92.5 Å². The van der Waals surface area contributed by atoms with Gasteiger partial charge in [-0.05, 0) is 55.1 Å². The molecular formula is C29H31Br2ClN2O2S2. The zero-order valence-corrected chi connectivity index (χ0v) is 26.4. The summed E-state index contributed by atoms with van der Waals surface area (Å²) in [6.45, 7) is 5.42. The number of thiophene rings is 2. The van der Waals surface area contributed by atoms with Gasteiger partial charge in [0.2, 0.25) is 0 Å². The fourth-order valence-corrected chi connectivity index (χ4v) is 7.05. The molecule has 4 aromatic rings. The fraction of sp³-hybridized carbons (Fsp3) is 0.310. The van der Waals surface area contributed by atoms with E-state index in [-0.39, 0.29) is 12.4 Å². The average Bonchev–Trinajstić information content (AvgIpc) is 3.48. The molecule has 0 saturated carbocycles. The molecule has 6 rings (SSSR count). The lowest BCUT2D eigenvalue weighted by atomic mass is 9.94. The summed E-state index contributed by atoms with van der Waals surface area (Å²) in [6.07, 6.45) is 0.752. The molecule has 0 spiro atoms. The Morgan fingerprint density at radius 1 is 0.763 bits per heavy atom. The van der Waals surface area contributed by atoms with E-state index in [1.54, 1.807) is 22.7 Å². The first kappa shape index (κ1) is 29.9. The van der Waals surface area contributed by atoms with E-state index in [0.717, 1.165) is 41.7 Å². The monoisotopic (exact) mass is 696 g/mol. The number of ether oxygens (including phenoxy) is 2. The summed E-state index contributed by atoms with van der Waals surface area (Å²) in [5, 5.41) is 7.36. The van der Waals surface area contributed by atoms with Crippen LogP contribution in [0.3, 0.4) is 0 Å². The van der Waals surface area contributed by atoms with Crippen molar-refractivity contribution in [3.05, 3.63) is 113 Å². The number of hydrogen-bond acceptors (Lipinski definition) is 6. The Balaban J connectivity index is 0.000000218. The Labute approximate surface area is 256 Å². The molecule has 202 valence electrons. The smallest absolute Gasteiger partial charge is 0.0834 e. The van der Waals surface area contributed by atoms with Gasteiger partial charge in [0.1, 0.15) is 0 Å². The minimum Gasteiger partial charge on any atom is -0.370 e. The lowest BCUT2D eigenvalue weighted by molar-refractivity contribution is -0.0733. The van der Waals surface area contributed by atoms with Crippen LogP contribution in [-0.2, 0) is 22.7 Å². The van der Waals surface area contributed by atoms with Gasteiger partial charge >= 0.3 is 0 Å². The molecule has 0 bridgehead atoms. The van der Waals surface area contributed by atoms with Crippen molar-refractivity contribution in [2.24, 2.45) is 0 Å². The van der Waals surface area contributed by atoms with Crippen LogP contribution in [0.2, 0.25) is 0 Å². The van der Waals surface area contributed by atoms with Crippen LogP contribution in [0.25, 0.3) is 0 Å². The summed E-state index contributed by atoms with van der Waals surface area (Å²) in [4.78, 5) is 5.06. The third-order valence-electron chi connectivity index (χ3n) is 6.38. The zero-order valence-electron chi connectivity index (χ0n) is 20.8. The van der Waals surface area contributed by atoms with Crippen LogP contribution in [0, 0.1) is 0 Å². The Kier molecular flexibility index (Phi) is 11.9. The van der Waals surface area contributed by atoms with Crippen molar-refractivity contribution in [3.63, 3.8) is 0 Å². The highest BCUT2D eigenvalue weighted by Crippen LogP contribution is 2.33. The molecule has 38 heavy (non-hydrogen) atoms. The fourth-order valence-electron chi connectivity index (χ4n) is 4.31. The number of benzene rings is 2. The highest BCUT2D eigenvalue weighted by molar-refractivity contribution is 9.10. The summed E-state index contributed by atoms with van der Waals surface area (Å²) in [5.74, 6) is 0. The number of hydrogen-bond donors (Lipinski definition) is 1. The SMILES string of the molecule is Brc1csc(COC2CN(C(c3ccccc3)c3ccccc3)C2)c1.Brc1csc(COC2CNC2)c1.Cl.